The van der Waals surface area contributed by atoms with E-state index < -0.39 is 17.8 Å². The predicted molar refractivity (Wildman–Crippen MR) is 157 cm³/mol. The van der Waals surface area contributed by atoms with Crippen LogP contribution >= 0.6 is 15.9 Å². The molecule has 3 aromatic carbocycles. The van der Waals surface area contributed by atoms with E-state index in [-0.39, 0.29) is 35.3 Å². The molecule has 1 aliphatic heterocycles. The van der Waals surface area contributed by atoms with Gasteiger partial charge in [-0.3, -0.25) is 19.7 Å². The minimum atomic E-state index is -0.858. The van der Waals surface area contributed by atoms with Crippen LogP contribution in [0.4, 0.5) is 16.2 Å². The number of anilines is 2. The van der Waals surface area contributed by atoms with Crippen molar-refractivity contribution in [1.82, 2.24) is 5.32 Å². The first-order chi connectivity index (χ1) is 19.6. The SMILES string of the molecule is CCOc1ccc(N2C(=O)NC(=O)/C(=C\c3cc(Br)c(OCC(=O)Nc4ccc(C)cc4C)c(OC)c3)C2=O)cc1. The van der Waals surface area contributed by atoms with Crippen LogP contribution in [-0.4, -0.2) is 44.1 Å². The molecule has 1 heterocycles. The number of aryl methyl sites for hydroxylation is 2. The van der Waals surface area contributed by atoms with Crippen molar-refractivity contribution < 1.29 is 33.4 Å². The van der Waals surface area contributed by atoms with E-state index in [9.17, 15) is 19.2 Å². The van der Waals surface area contributed by atoms with E-state index in [1.807, 2.05) is 39.0 Å². The van der Waals surface area contributed by atoms with Gasteiger partial charge in [0.15, 0.2) is 18.1 Å². The molecule has 212 valence electrons. The molecule has 0 atom stereocenters. The lowest BCUT2D eigenvalue weighted by atomic mass is 10.1. The smallest absolute Gasteiger partial charge is 0.335 e. The van der Waals surface area contributed by atoms with E-state index in [0.29, 0.717) is 28.1 Å². The fourth-order valence-electron chi connectivity index (χ4n) is 4.16. The Labute approximate surface area is 245 Å². The zero-order chi connectivity index (χ0) is 29.7. The van der Waals surface area contributed by atoms with Crippen LogP contribution in [0.3, 0.4) is 0 Å². The summed E-state index contributed by atoms with van der Waals surface area (Å²) in [6.45, 7) is 5.89. The van der Waals surface area contributed by atoms with Crippen LogP contribution < -0.4 is 29.7 Å². The Balaban J connectivity index is 1.54. The number of hydrogen-bond acceptors (Lipinski definition) is 7. The van der Waals surface area contributed by atoms with E-state index >= 15 is 0 Å². The van der Waals surface area contributed by atoms with Crippen molar-refractivity contribution in [3.63, 3.8) is 0 Å². The van der Waals surface area contributed by atoms with Crippen molar-refractivity contribution in [3.8, 4) is 17.2 Å². The van der Waals surface area contributed by atoms with Crippen LogP contribution in [0.15, 0.2) is 64.6 Å². The molecule has 1 saturated heterocycles. The zero-order valence-corrected chi connectivity index (χ0v) is 24.5. The van der Waals surface area contributed by atoms with Crippen molar-refractivity contribution in [2.45, 2.75) is 20.8 Å². The monoisotopic (exact) mass is 621 g/mol. The molecule has 0 radical (unpaired) electrons. The number of ether oxygens (including phenoxy) is 3. The topological polar surface area (TPSA) is 123 Å². The Bertz CT molecular complexity index is 1550. The summed E-state index contributed by atoms with van der Waals surface area (Å²) in [5.74, 6) is -0.887. The van der Waals surface area contributed by atoms with Crippen LogP contribution in [0.25, 0.3) is 6.08 Å². The molecule has 2 N–H and O–H groups in total. The highest BCUT2D eigenvalue weighted by atomic mass is 79.9. The number of hydrogen-bond donors (Lipinski definition) is 2. The predicted octanol–water partition coefficient (Wildman–Crippen LogP) is 5.16. The third-order valence-electron chi connectivity index (χ3n) is 6.07. The summed E-state index contributed by atoms with van der Waals surface area (Å²) in [4.78, 5) is 51.9. The second-order valence-electron chi connectivity index (χ2n) is 9.07. The Morgan fingerprint density at radius 3 is 2.41 bits per heavy atom. The van der Waals surface area contributed by atoms with Gasteiger partial charge in [-0.25, -0.2) is 9.69 Å². The molecular weight excluding hydrogens is 594 g/mol. The fraction of sp³-hybridized carbons (Fsp3) is 0.200. The first-order valence-corrected chi connectivity index (χ1v) is 13.4. The summed E-state index contributed by atoms with van der Waals surface area (Å²) in [6.07, 6.45) is 1.34. The molecule has 3 aromatic rings. The second kappa shape index (κ2) is 12.7. The number of nitrogens with one attached hydrogen (secondary N) is 2. The van der Waals surface area contributed by atoms with Gasteiger partial charge in [0.1, 0.15) is 11.3 Å². The molecule has 0 saturated carbocycles. The van der Waals surface area contributed by atoms with Gasteiger partial charge in [-0.15, -0.1) is 0 Å². The van der Waals surface area contributed by atoms with Crippen molar-refractivity contribution in [3.05, 3.63) is 81.3 Å². The third kappa shape index (κ3) is 6.75. The summed E-state index contributed by atoms with van der Waals surface area (Å²) in [6, 6.07) is 14.4. The Kier molecular flexibility index (Phi) is 9.08. The fourth-order valence-corrected chi connectivity index (χ4v) is 4.73. The van der Waals surface area contributed by atoms with Crippen LogP contribution in [0.5, 0.6) is 17.2 Å². The van der Waals surface area contributed by atoms with Gasteiger partial charge in [0.25, 0.3) is 17.7 Å². The lowest BCUT2D eigenvalue weighted by Gasteiger charge is -2.26. The normalized spacial score (nSPS) is 14.1. The number of barbiturate groups is 1. The highest BCUT2D eigenvalue weighted by Crippen LogP contribution is 2.37. The summed E-state index contributed by atoms with van der Waals surface area (Å²) in [7, 11) is 1.42. The number of nitrogens with zero attached hydrogens (tertiary/aromatic N) is 1. The molecule has 0 aromatic heterocycles. The Morgan fingerprint density at radius 2 is 1.76 bits per heavy atom. The molecule has 0 spiro atoms. The first-order valence-electron chi connectivity index (χ1n) is 12.6. The molecule has 0 aliphatic carbocycles. The van der Waals surface area contributed by atoms with Gasteiger partial charge in [0.05, 0.1) is 23.9 Å². The number of halogens is 1. The van der Waals surface area contributed by atoms with Gasteiger partial charge in [-0.2, -0.15) is 0 Å². The van der Waals surface area contributed by atoms with E-state index in [1.54, 1.807) is 36.4 Å². The van der Waals surface area contributed by atoms with Crippen LogP contribution in [0.2, 0.25) is 0 Å². The van der Waals surface area contributed by atoms with Crippen molar-refractivity contribution >= 4 is 57.1 Å². The summed E-state index contributed by atoms with van der Waals surface area (Å²) in [5, 5.41) is 5.02. The molecule has 4 rings (SSSR count). The van der Waals surface area contributed by atoms with E-state index in [1.165, 1.54) is 13.2 Å². The molecule has 11 heteroatoms. The van der Waals surface area contributed by atoms with Gasteiger partial charge in [-0.05, 0) is 96.4 Å². The minimum Gasteiger partial charge on any atom is -0.494 e. The largest absolute Gasteiger partial charge is 0.494 e. The van der Waals surface area contributed by atoms with Crippen LogP contribution in [0.1, 0.15) is 23.6 Å². The summed E-state index contributed by atoms with van der Waals surface area (Å²) in [5.41, 5.74) is 3.14. The average Bonchev–Trinajstić information content (AvgIpc) is 2.92. The molecule has 10 nitrogen and oxygen atoms in total. The van der Waals surface area contributed by atoms with E-state index in [0.717, 1.165) is 16.0 Å². The zero-order valence-electron chi connectivity index (χ0n) is 22.9. The third-order valence-corrected chi connectivity index (χ3v) is 6.66. The standard InChI is InChI=1S/C30H28BrN3O7/c1-5-40-21-9-7-20(8-10-21)34-29(37)22(28(36)33-30(34)38)13-19-14-23(31)27(25(15-19)39-4)41-16-26(35)32-24-11-6-17(2)12-18(24)3/h6-15H,5,16H2,1-4H3,(H,32,35)(H,33,36,38)/b22-13+. The molecule has 0 bridgehead atoms. The van der Waals surface area contributed by atoms with Gasteiger partial charge < -0.3 is 19.5 Å². The lowest BCUT2D eigenvalue weighted by molar-refractivity contribution is -0.122. The number of carbonyl (C=O) groups excluding carboxylic acids is 4. The number of imide groups is 2. The number of benzene rings is 3. The Hall–Kier alpha value is -4.64. The number of carbonyl (C=O) groups is 4. The molecule has 1 aliphatic rings. The Morgan fingerprint density at radius 1 is 1.02 bits per heavy atom. The number of rotatable bonds is 9. The maximum Gasteiger partial charge on any atom is 0.335 e. The van der Waals surface area contributed by atoms with Gasteiger partial charge in [0.2, 0.25) is 0 Å². The van der Waals surface area contributed by atoms with Crippen molar-refractivity contribution in [2.24, 2.45) is 0 Å². The minimum absolute atomic E-state index is 0.256. The van der Waals surface area contributed by atoms with Crippen LogP contribution in [-0.2, 0) is 14.4 Å². The first kappa shape index (κ1) is 29.3. The van der Waals surface area contributed by atoms with Crippen molar-refractivity contribution in [1.29, 1.82) is 0 Å². The molecule has 1 fully saturated rings. The van der Waals surface area contributed by atoms with E-state index in [4.69, 9.17) is 14.2 Å². The van der Waals surface area contributed by atoms with Crippen LogP contribution in [0, 0.1) is 13.8 Å². The number of amides is 5. The second-order valence-corrected chi connectivity index (χ2v) is 9.93. The maximum absolute atomic E-state index is 13.3. The summed E-state index contributed by atoms with van der Waals surface area (Å²) < 4.78 is 17.0. The molecular formula is C30H28BrN3O7. The van der Waals surface area contributed by atoms with Gasteiger partial charge in [-0.1, -0.05) is 17.7 Å². The molecule has 0 unspecified atom stereocenters. The lowest BCUT2D eigenvalue weighted by Crippen LogP contribution is -2.54. The maximum atomic E-state index is 13.3. The van der Waals surface area contributed by atoms with Crippen molar-refractivity contribution in [2.75, 3.05) is 30.5 Å². The molecule has 41 heavy (non-hydrogen) atoms. The summed E-state index contributed by atoms with van der Waals surface area (Å²) >= 11 is 3.42. The highest BCUT2D eigenvalue weighted by Gasteiger charge is 2.37. The van der Waals surface area contributed by atoms with E-state index in [2.05, 4.69) is 26.6 Å². The number of urea groups is 1. The van der Waals surface area contributed by atoms with Gasteiger partial charge in [0, 0.05) is 5.69 Å². The van der Waals surface area contributed by atoms with Gasteiger partial charge >= 0.3 is 6.03 Å². The average molecular weight is 622 g/mol. The molecule has 5 amide bonds. The quantitative estimate of drug-likeness (QED) is 0.250. The highest BCUT2D eigenvalue weighted by molar-refractivity contribution is 9.10. The number of methoxy groups -OCH3 is 1.